The fraction of sp³-hybridized carbons (Fsp3) is 0.188. The average molecular weight is 272 g/mol. The second-order valence-corrected chi connectivity index (χ2v) is 5.32. The first-order chi connectivity index (χ1) is 9.15. The highest BCUT2D eigenvalue weighted by atomic mass is 35.5. The molecule has 1 heterocycles. The van der Waals surface area contributed by atoms with Gasteiger partial charge < -0.3 is 5.32 Å². The Labute approximate surface area is 117 Å². The molecule has 1 aliphatic rings. The second kappa shape index (κ2) is 4.71. The van der Waals surface area contributed by atoms with Gasteiger partial charge in [-0.25, -0.2) is 0 Å². The van der Waals surface area contributed by atoms with Crippen LogP contribution >= 0.6 is 11.6 Å². The minimum Gasteiger partial charge on any atom is -0.326 e. The van der Waals surface area contributed by atoms with Crippen LogP contribution in [0.25, 0.3) is 0 Å². The van der Waals surface area contributed by atoms with E-state index in [0.717, 1.165) is 21.8 Å². The Morgan fingerprint density at radius 2 is 1.95 bits per heavy atom. The number of aryl methyl sites for hydroxylation is 1. The first-order valence-electron chi connectivity index (χ1n) is 6.30. The summed E-state index contributed by atoms with van der Waals surface area (Å²) in [6.45, 7) is 2.06. The van der Waals surface area contributed by atoms with Gasteiger partial charge in [0.05, 0.1) is 0 Å². The summed E-state index contributed by atoms with van der Waals surface area (Å²) < 4.78 is 0. The molecule has 0 saturated carbocycles. The summed E-state index contributed by atoms with van der Waals surface area (Å²) in [6.07, 6.45) is 0.445. The van der Waals surface area contributed by atoms with Gasteiger partial charge in [-0.05, 0) is 30.2 Å². The standard InChI is InChI=1S/C16H14ClNO/c1-10-6-7-15-13(8-10)12(9-16(19)18-15)11-4-2-3-5-14(11)17/h2-8,12H,9H2,1H3,(H,18,19)/t12-/m0/s1. The van der Waals surface area contributed by atoms with Crippen LogP contribution in [0, 0.1) is 6.92 Å². The summed E-state index contributed by atoms with van der Waals surface area (Å²) in [7, 11) is 0. The van der Waals surface area contributed by atoms with Crippen LogP contribution in [0.3, 0.4) is 0 Å². The average Bonchev–Trinajstić information content (AvgIpc) is 2.39. The van der Waals surface area contributed by atoms with Gasteiger partial charge in [-0.3, -0.25) is 4.79 Å². The minimum atomic E-state index is 0.0392. The van der Waals surface area contributed by atoms with Crippen molar-refractivity contribution < 1.29 is 4.79 Å². The van der Waals surface area contributed by atoms with E-state index in [4.69, 9.17) is 11.6 Å². The Morgan fingerprint density at radius 1 is 1.16 bits per heavy atom. The third-order valence-electron chi connectivity index (χ3n) is 3.53. The topological polar surface area (TPSA) is 29.1 Å². The van der Waals surface area contributed by atoms with E-state index in [0.29, 0.717) is 6.42 Å². The molecule has 96 valence electrons. The normalized spacial score (nSPS) is 17.8. The van der Waals surface area contributed by atoms with Crippen LogP contribution in [0.2, 0.25) is 5.02 Å². The summed E-state index contributed by atoms with van der Waals surface area (Å²) in [5.41, 5.74) is 4.25. The lowest BCUT2D eigenvalue weighted by molar-refractivity contribution is -0.116. The van der Waals surface area contributed by atoms with Gasteiger partial charge >= 0.3 is 0 Å². The number of hydrogen-bond donors (Lipinski definition) is 1. The number of rotatable bonds is 1. The van der Waals surface area contributed by atoms with E-state index < -0.39 is 0 Å². The molecule has 2 nitrogen and oxygen atoms in total. The first-order valence-corrected chi connectivity index (χ1v) is 6.68. The fourth-order valence-corrected chi connectivity index (χ4v) is 2.88. The van der Waals surface area contributed by atoms with Gasteiger partial charge in [0, 0.05) is 23.0 Å². The Kier molecular flexibility index (Phi) is 3.03. The lowest BCUT2D eigenvalue weighted by Gasteiger charge is -2.27. The molecular weight excluding hydrogens is 258 g/mol. The van der Waals surface area contributed by atoms with E-state index >= 15 is 0 Å². The number of carbonyl (C=O) groups is 1. The van der Waals surface area contributed by atoms with Crippen LogP contribution < -0.4 is 5.32 Å². The smallest absolute Gasteiger partial charge is 0.225 e. The lowest BCUT2D eigenvalue weighted by Crippen LogP contribution is -2.23. The predicted molar refractivity (Wildman–Crippen MR) is 77.7 cm³/mol. The fourth-order valence-electron chi connectivity index (χ4n) is 2.62. The molecule has 2 aromatic rings. The lowest BCUT2D eigenvalue weighted by atomic mass is 9.84. The van der Waals surface area contributed by atoms with Gasteiger partial charge in [-0.2, -0.15) is 0 Å². The molecule has 0 aromatic heterocycles. The number of amides is 1. The highest BCUT2D eigenvalue weighted by Crippen LogP contribution is 2.39. The third-order valence-corrected chi connectivity index (χ3v) is 3.87. The summed E-state index contributed by atoms with van der Waals surface area (Å²) in [4.78, 5) is 11.9. The summed E-state index contributed by atoms with van der Waals surface area (Å²) in [6, 6.07) is 13.8. The van der Waals surface area contributed by atoms with E-state index in [1.54, 1.807) is 0 Å². The number of hydrogen-bond acceptors (Lipinski definition) is 1. The molecule has 0 radical (unpaired) electrons. The molecule has 1 aliphatic heterocycles. The van der Waals surface area contributed by atoms with Crippen molar-refractivity contribution >= 4 is 23.2 Å². The summed E-state index contributed by atoms with van der Waals surface area (Å²) in [5, 5.41) is 3.64. The highest BCUT2D eigenvalue weighted by Gasteiger charge is 2.27. The molecule has 1 N–H and O–H groups in total. The zero-order valence-electron chi connectivity index (χ0n) is 10.6. The van der Waals surface area contributed by atoms with E-state index in [-0.39, 0.29) is 11.8 Å². The molecule has 1 atom stereocenters. The predicted octanol–water partition coefficient (Wildman–Crippen LogP) is 4.12. The molecule has 19 heavy (non-hydrogen) atoms. The second-order valence-electron chi connectivity index (χ2n) is 4.92. The molecule has 1 amide bonds. The molecule has 0 bridgehead atoms. The van der Waals surface area contributed by atoms with Crippen LogP contribution in [0.1, 0.15) is 29.0 Å². The summed E-state index contributed by atoms with van der Waals surface area (Å²) >= 11 is 6.28. The van der Waals surface area contributed by atoms with Crippen LogP contribution in [-0.2, 0) is 4.79 Å². The number of nitrogens with one attached hydrogen (secondary N) is 1. The van der Waals surface area contributed by atoms with E-state index in [9.17, 15) is 4.79 Å². The Bertz CT molecular complexity index is 651. The maximum atomic E-state index is 11.9. The number of benzene rings is 2. The van der Waals surface area contributed by atoms with Crippen molar-refractivity contribution in [1.82, 2.24) is 0 Å². The molecule has 0 unspecified atom stereocenters. The molecule has 0 spiro atoms. The number of halogens is 1. The van der Waals surface area contributed by atoms with Gasteiger partial charge in [-0.15, -0.1) is 0 Å². The zero-order valence-corrected chi connectivity index (χ0v) is 11.4. The third kappa shape index (κ3) is 2.24. The van der Waals surface area contributed by atoms with E-state index in [2.05, 4.69) is 18.3 Å². The van der Waals surface area contributed by atoms with Crippen molar-refractivity contribution in [3.05, 3.63) is 64.2 Å². The van der Waals surface area contributed by atoms with Crippen LogP contribution in [-0.4, -0.2) is 5.91 Å². The Hall–Kier alpha value is -1.80. The van der Waals surface area contributed by atoms with Crippen molar-refractivity contribution in [2.24, 2.45) is 0 Å². The van der Waals surface area contributed by atoms with Crippen molar-refractivity contribution in [2.45, 2.75) is 19.3 Å². The van der Waals surface area contributed by atoms with Crippen molar-refractivity contribution in [3.63, 3.8) is 0 Å². The van der Waals surface area contributed by atoms with Crippen LogP contribution in [0.4, 0.5) is 5.69 Å². The molecular formula is C16H14ClNO. The van der Waals surface area contributed by atoms with E-state index in [1.165, 1.54) is 5.56 Å². The van der Waals surface area contributed by atoms with Crippen LogP contribution in [0.15, 0.2) is 42.5 Å². The van der Waals surface area contributed by atoms with Gasteiger partial charge in [-0.1, -0.05) is 47.5 Å². The van der Waals surface area contributed by atoms with E-state index in [1.807, 2.05) is 36.4 Å². The molecule has 0 fully saturated rings. The largest absolute Gasteiger partial charge is 0.326 e. The Balaban J connectivity index is 2.16. The monoisotopic (exact) mass is 271 g/mol. The van der Waals surface area contributed by atoms with Gasteiger partial charge in [0.25, 0.3) is 0 Å². The van der Waals surface area contributed by atoms with Crippen molar-refractivity contribution in [2.75, 3.05) is 5.32 Å². The molecule has 3 rings (SSSR count). The first kappa shape index (κ1) is 12.2. The maximum Gasteiger partial charge on any atom is 0.225 e. The molecule has 0 saturated heterocycles. The zero-order chi connectivity index (χ0) is 13.4. The quantitative estimate of drug-likeness (QED) is 0.830. The van der Waals surface area contributed by atoms with Crippen molar-refractivity contribution in [1.29, 1.82) is 0 Å². The summed E-state index contributed by atoms with van der Waals surface area (Å²) in [5.74, 6) is 0.0821. The number of anilines is 1. The van der Waals surface area contributed by atoms with Gasteiger partial charge in [0.15, 0.2) is 0 Å². The SMILES string of the molecule is Cc1ccc2c(c1)[C@H](c1ccccc1Cl)CC(=O)N2. The number of carbonyl (C=O) groups excluding carboxylic acids is 1. The van der Waals surface area contributed by atoms with Crippen molar-refractivity contribution in [3.8, 4) is 0 Å². The molecule has 2 aromatic carbocycles. The maximum absolute atomic E-state index is 11.9. The molecule has 0 aliphatic carbocycles. The van der Waals surface area contributed by atoms with Gasteiger partial charge in [0.1, 0.15) is 0 Å². The number of fused-ring (bicyclic) bond motifs is 1. The molecule has 3 heteroatoms. The van der Waals surface area contributed by atoms with Crippen LogP contribution in [0.5, 0.6) is 0 Å². The van der Waals surface area contributed by atoms with Gasteiger partial charge in [0.2, 0.25) is 5.91 Å². The Morgan fingerprint density at radius 3 is 2.74 bits per heavy atom. The minimum absolute atomic E-state index is 0.0392. The highest BCUT2D eigenvalue weighted by molar-refractivity contribution is 6.31.